The minimum atomic E-state index is -0.469. The molecular formula is C21H16ClN9OS. The van der Waals surface area contributed by atoms with Crippen molar-refractivity contribution in [2.45, 2.75) is 6.54 Å². The molecule has 0 saturated heterocycles. The van der Waals surface area contributed by atoms with Crippen LogP contribution in [0, 0.1) is 0 Å². The van der Waals surface area contributed by atoms with E-state index in [1.807, 2.05) is 29.6 Å². The number of nitrogens with one attached hydrogen (secondary N) is 2. The van der Waals surface area contributed by atoms with Crippen molar-refractivity contribution in [2.24, 2.45) is 0 Å². The Labute approximate surface area is 196 Å². The van der Waals surface area contributed by atoms with Crippen LogP contribution in [0.25, 0.3) is 16.2 Å². The number of carbonyl (C=O) groups is 1. The summed E-state index contributed by atoms with van der Waals surface area (Å²) in [7, 11) is 0. The van der Waals surface area contributed by atoms with Gasteiger partial charge in [-0.25, -0.2) is 9.97 Å². The van der Waals surface area contributed by atoms with Gasteiger partial charge in [-0.05, 0) is 41.8 Å². The molecule has 12 heteroatoms. The maximum absolute atomic E-state index is 12.8. The number of rotatable bonds is 6. The van der Waals surface area contributed by atoms with Gasteiger partial charge in [-0.1, -0.05) is 23.7 Å². The van der Waals surface area contributed by atoms with Crippen LogP contribution in [-0.2, 0) is 6.54 Å². The van der Waals surface area contributed by atoms with E-state index in [0.29, 0.717) is 28.0 Å². The summed E-state index contributed by atoms with van der Waals surface area (Å²) in [6, 6.07) is 14.6. The smallest absolute Gasteiger partial charge is 0.274 e. The fourth-order valence-electron chi connectivity index (χ4n) is 3.08. The number of fused-ring (bicyclic) bond motifs is 1. The highest BCUT2D eigenvalue weighted by atomic mass is 35.5. The predicted molar refractivity (Wildman–Crippen MR) is 126 cm³/mol. The number of nitrogens with two attached hydrogens (primary N) is 1. The number of thiophene rings is 1. The molecule has 0 radical (unpaired) electrons. The molecule has 164 valence electrons. The van der Waals surface area contributed by atoms with E-state index in [1.54, 1.807) is 35.0 Å². The first-order valence-electron chi connectivity index (χ1n) is 9.75. The summed E-state index contributed by atoms with van der Waals surface area (Å²) < 4.78 is 1.55. The number of amides is 1. The van der Waals surface area contributed by atoms with Gasteiger partial charge in [0.25, 0.3) is 5.91 Å². The number of nitrogens with zero attached hydrogens (tertiary/aromatic N) is 6. The summed E-state index contributed by atoms with van der Waals surface area (Å²) in [6.45, 7) is 0.0674. The topological polar surface area (TPSA) is 136 Å². The van der Waals surface area contributed by atoms with Gasteiger partial charge in [0.15, 0.2) is 28.8 Å². The number of carbonyl (C=O) groups excluding carboxylic acids is 1. The largest absolute Gasteiger partial charge is 0.382 e. The van der Waals surface area contributed by atoms with Crippen LogP contribution in [0.1, 0.15) is 16.3 Å². The van der Waals surface area contributed by atoms with Crippen LogP contribution in [0.3, 0.4) is 0 Å². The zero-order valence-corrected chi connectivity index (χ0v) is 18.5. The van der Waals surface area contributed by atoms with Crippen LogP contribution >= 0.6 is 22.9 Å². The lowest BCUT2D eigenvalue weighted by Crippen LogP contribution is -2.26. The van der Waals surface area contributed by atoms with E-state index >= 15 is 0 Å². The SMILES string of the molecule is Nc1ncc(-c2cccs2)nc1C(=O)NCc1nnc2ccc(Nc3cccc(Cl)c3)nn12. The number of hydrogen-bond donors (Lipinski definition) is 3. The third kappa shape index (κ3) is 4.45. The summed E-state index contributed by atoms with van der Waals surface area (Å²) in [5, 5.41) is 21.2. The Morgan fingerprint density at radius 3 is 2.88 bits per heavy atom. The van der Waals surface area contributed by atoms with E-state index < -0.39 is 5.91 Å². The fraction of sp³-hybridized carbons (Fsp3) is 0.0476. The molecule has 4 aromatic heterocycles. The first-order chi connectivity index (χ1) is 16.1. The monoisotopic (exact) mass is 477 g/mol. The highest BCUT2D eigenvalue weighted by Crippen LogP contribution is 2.23. The maximum atomic E-state index is 12.8. The lowest BCUT2D eigenvalue weighted by molar-refractivity contribution is 0.0945. The molecule has 5 aromatic rings. The Hall–Kier alpha value is -4.09. The van der Waals surface area contributed by atoms with Gasteiger partial charge in [-0.15, -0.1) is 26.6 Å². The molecule has 0 atom stereocenters. The summed E-state index contributed by atoms with van der Waals surface area (Å²) in [4.78, 5) is 22.1. The Morgan fingerprint density at radius 2 is 2.06 bits per heavy atom. The molecule has 4 heterocycles. The van der Waals surface area contributed by atoms with Crippen molar-refractivity contribution in [1.29, 1.82) is 0 Å². The van der Waals surface area contributed by atoms with Crippen LogP contribution in [-0.4, -0.2) is 35.7 Å². The van der Waals surface area contributed by atoms with E-state index in [2.05, 4.69) is 35.9 Å². The first kappa shape index (κ1) is 20.8. The number of benzene rings is 1. The molecule has 0 spiro atoms. The standard InChI is InChI=1S/C21H16ClN9OS/c22-12-3-1-4-13(9-12)26-16-6-7-17-28-29-18(31(17)30-16)11-25-21(32)19-20(23)24-10-14(27-19)15-5-2-8-33-15/h1-10H,11H2,(H2,23,24)(H,25,32)(H,26,30). The van der Waals surface area contributed by atoms with E-state index in [-0.39, 0.29) is 18.1 Å². The molecule has 0 fully saturated rings. The average Bonchev–Trinajstić information content (AvgIpc) is 3.48. The zero-order chi connectivity index (χ0) is 22.8. The van der Waals surface area contributed by atoms with Gasteiger partial charge in [0.05, 0.1) is 23.3 Å². The Balaban J connectivity index is 1.34. The van der Waals surface area contributed by atoms with Crippen LogP contribution < -0.4 is 16.4 Å². The van der Waals surface area contributed by atoms with Gasteiger partial charge in [0.2, 0.25) is 0 Å². The quantitative estimate of drug-likeness (QED) is 0.337. The lowest BCUT2D eigenvalue weighted by atomic mass is 10.3. The number of aromatic nitrogens is 6. The Kier molecular flexibility index (Phi) is 5.55. The second-order valence-electron chi connectivity index (χ2n) is 6.89. The summed E-state index contributed by atoms with van der Waals surface area (Å²) in [6.07, 6.45) is 1.54. The third-order valence-electron chi connectivity index (χ3n) is 4.62. The zero-order valence-electron chi connectivity index (χ0n) is 16.9. The lowest BCUT2D eigenvalue weighted by Gasteiger charge is -2.08. The molecule has 0 aliphatic rings. The minimum absolute atomic E-state index is 0.0463. The highest BCUT2D eigenvalue weighted by molar-refractivity contribution is 7.13. The Bertz CT molecular complexity index is 1450. The van der Waals surface area contributed by atoms with Gasteiger partial charge in [0, 0.05) is 10.7 Å². The normalized spacial score (nSPS) is 10.9. The van der Waals surface area contributed by atoms with E-state index in [1.165, 1.54) is 11.3 Å². The van der Waals surface area contributed by atoms with Gasteiger partial charge in [-0.3, -0.25) is 4.79 Å². The van der Waals surface area contributed by atoms with Gasteiger partial charge in [-0.2, -0.15) is 4.52 Å². The molecule has 0 unspecified atom stereocenters. The van der Waals surface area contributed by atoms with E-state index in [4.69, 9.17) is 17.3 Å². The molecule has 5 rings (SSSR count). The number of halogens is 1. The number of anilines is 3. The molecule has 0 aliphatic heterocycles. The van der Waals surface area contributed by atoms with Crippen LogP contribution in [0.15, 0.2) is 60.1 Å². The van der Waals surface area contributed by atoms with Crippen LogP contribution in [0.2, 0.25) is 5.02 Å². The van der Waals surface area contributed by atoms with Crippen molar-refractivity contribution >= 4 is 51.8 Å². The van der Waals surface area contributed by atoms with Crippen LogP contribution in [0.4, 0.5) is 17.3 Å². The molecule has 0 aliphatic carbocycles. The first-order valence-corrected chi connectivity index (χ1v) is 11.0. The summed E-state index contributed by atoms with van der Waals surface area (Å²) in [5.74, 6) is 0.582. The molecular weight excluding hydrogens is 462 g/mol. The van der Waals surface area contributed by atoms with E-state index in [9.17, 15) is 4.79 Å². The second kappa shape index (κ2) is 8.81. The van der Waals surface area contributed by atoms with E-state index in [0.717, 1.165) is 10.6 Å². The molecule has 1 aromatic carbocycles. The molecule has 1 amide bonds. The van der Waals surface area contributed by atoms with Crippen molar-refractivity contribution in [3.05, 3.63) is 76.6 Å². The van der Waals surface area contributed by atoms with Crippen molar-refractivity contribution in [1.82, 2.24) is 35.1 Å². The molecule has 33 heavy (non-hydrogen) atoms. The second-order valence-corrected chi connectivity index (χ2v) is 8.27. The fourth-order valence-corrected chi connectivity index (χ4v) is 3.95. The average molecular weight is 478 g/mol. The van der Waals surface area contributed by atoms with Gasteiger partial charge < -0.3 is 16.4 Å². The van der Waals surface area contributed by atoms with Crippen molar-refractivity contribution in [2.75, 3.05) is 11.1 Å². The molecule has 0 bridgehead atoms. The minimum Gasteiger partial charge on any atom is -0.382 e. The van der Waals surface area contributed by atoms with Crippen molar-refractivity contribution in [3.63, 3.8) is 0 Å². The van der Waals surface area contributed by atoms with Crippen LogP contribution in [0.5, 0.6) is 0 Å². The van der Waals surface area contributed by atoms with Gasteiger partial charge in [0.1, 0.15) is 0 Å². The van der Waals surface area contributed by atoms with Crippen molar-refractivity contribution < 1.29 is 4.79 Å². The molecule has 10 nitrogen and oxygen atoms in total. The third-order valence-corrected chi connectivity index (χ3v) is 5.75. The maximum Gasteiger partial charge on any atom is 0.274 e. The predicted octanol–water partition coefficient (Wildman–Crippen LogP) is 3.55. The Morgan fingerprint density at radius 1 is 1.15 bits per heavy atom. The summed E-state index contributed by atoms with van der Waals surface area (Å²) in [5.41, 5.74) is 7.85. The highest BCUT2D eigenvalue weighted by Gasteiger charge is 2.16. The number of nitrogen functional groups attached to an aromatic ring is 1. The molecule has 4 N–H and O–H groups in total. The summed E-state index contributed by atoms with van der Waals surface area (Å²) >= 11 is 7.54. The molecule has 0 saturated carbocycles. The van der Waals surface area contributed by atoms with Gasteiger partial charge >= 0.3 is 0 Å². The number of hydrogen-bond acceptors (Lipinski definition) is 9. The van der Waals surface area contributed by atoms with Crippen molar-refractivity contribution in [3.8, 4) is 10.6 Å².